The first-order valence-corrected chi connectivity index (χ1v) is 5.17. The minimum absolute atomic E-state index is 0.154. The highest BCUT2D eigenvalue weighted by Gasteiger charge is 2.29. The van der Waals surface area contributed by atoms with Crippen molar-refractivity contribution in [3.63, 3.8) is 0 Å². The topological polar surface area (TPSA) is 41.9 Å². The van der Waals surface area contributed by atoms with Crippen molar-refractivity contribution in [2.45, 2.75) is 26.2 Å². The molecule has 1 saturated heterocycles. The molecule has 1 aliphatic rings. The molecule has 2 atom stereocenters. The number of rotatable bonds is 5. The van der Waals surface area contributed by atoms with E-state index in [0.29, 0.717) is 19.1 Å². The lowest BCUT2D eigenvalue weighted by Gasteiger charge is -2.27. The second-order valence-electron chi connectivity index (χ2n) is 4.11. The summed E-state index contributed by atoms with van der Waals surface area (Å²) in [5.41, 5.74) is 0. The molecule has 1 rings (SSSR count). The molecule has 0 saturated carbocycles. The molecular weight excluding hydrogens is 182 g/mol. The molecule has 0 amide bonds. The van der Waals surface area contributed by atoms with Gasteiger partial charge in [-0.3, -0.25) is 4.90 Å². The molecule has 2 unspecified atom stereocenters. The third-order valence-electron chi connectivity index (χ3n) is 2.40. The van der Waals surface area contributed by atoms with Gasteiger partial charge in [0.2, 0.25) is 0 Å². The third-order valence-corrected chi connectivity index (χ3v) is 2.40. The SMILES string of the molecule is COCC(O)CN1CCOC1C(C)C. The maximum atomic E-state index is 9.59. The van der Waals surface area contributed by atoms with Gasteiger partial charge in [0, 0.05) is 20.2 Å². The smallest absolute Gasteiger partial charge is 0.113 e. The maximum absolute atomic E-state index is 9.59. The summed E-state index contributed by atoms with van der Waals surface area (Å²) < 4.78 is 10.5. The second kappa shape index (κ2) is 5.66. The summed E-state index contributed by atoms with van der Waals surface area (Å²) in [4.78, 5) is 2.17. The predicted molar refractivity (Wildman–Crippen MR) is 54.0 cm³/mol. The van der Waals surface area contributed by atoms with E-state index in [1.807, 2.05) is 0 Å². The Kier molecular flexibility index (Phi) is 4.81. The summed E-state index contributed by atoms with van der Waals surface area (Å²) in [5.74, 6) is 0.465. The Bertz CT molecular complexity index is 163. The van der Waals surface area contributed by atoms with Gasteiger partial charge in [-0.15, -0.1) is 0 Å². The number of nitrogens with zero attached hydrogens (tertiary/aromatic N) is 1. The van der Waals surface area contributed by atoms with Gasteiger partial charge in [0.05, 0.1) is 19.3 Å². The Balaban J connectivity index is 2.35. The Hall–Kier alpha value is -0.160. The summed E-state index contributed by atoms with van der Waals surface area (Å²) in [6.45, 7) is 6.96. The van der Waals surface area contributed by atoms with Gasteiger partial charge < -0.3 is 14.6 Å². The summed E-state index contributed by atoms with van der Waals surface area (Å²) in [7, 11) is 1.60. The van der Waals surface area contributed by atoms with E-state index >= 15 is 0 Å². The summed E-state index contributed by atoms with van der Waals surface area (Å²) in [5, 5.41) is 9.59. The van der Waals surface area contributed by atoms with Crippen molar-refractivity contribution in [2.75, 3.05) is 33.4 Å². The van der Waals surface area contributed by atoms with Crippen LogP contribution in [-0.2, 0) is 9.47 Å². The molecule has 1 aliphatic heterocycles. The van der Waals surface area contributed by atoms with Gasteiger partial charge in [0.15, 0.2) is 0 Å². The van der Waals surface area contributed by atoms with Gasteiger partial charge in [0.1, 0.15) is 6.23 Å². The first-order valence-electron chi connectivity index (χ1n) is 5.17. The van der Waals surface area contributed by atoms with Crippen molar-refractivity contribution in [3.8, 4) is 0 Å². The summed E-state index contributed by atoms with van der Waals surface area (Å²) in [6, 6.07) is 0. The summed E-state index contributed by atoms with van der Waals surface area (Å²) in [6.07, 6.45) is -0.260. The number of aliphatic hydroxyl groups is 1. The van der Waals surface area contributed by atoms with Crippen molar-refractivity contribution in [2.24, 2.45) is 5.92 Å². The lowest BCUT2D eigenvalue weighted by molar-refractivity contribution is -0.0310. The van der Waals surface area contributed by atoms with Crippen LogP contribution in [0.4, 0.5) is 0 Å². The van der Waals surface area contributed by atoms with Crippen molar-refractivity contribution >= 4 is 0 Å². The van der Waals surface area contributed by atoms with Crippen molar-refractivity contribution in [1.29, 1.82) is 0 Å². The van der Waals surface area contributed by atoms with Gasteiger partial charge in [-0.2, -0.15) is 0 Å². The largest absolute Gasteiger partial charge is 0.389 e. The number of hydrogen-bond donors (Lipinski definition) is 1. The quantitative estimate of drug-likeness (QED) is 0.698. The molecule has 0 spiro atoms. The molecule has 1 N–H and O–H groups in total. The zero-order chi connectivity index (χ0) is 10.6. The highest BCUT2D eigenvalue weighted by atomic mass is 16.5. The highest BCUT2D eigenvalue weighted by Crippen LogP contribution is 2.17. The van der Waals surface area contributed by atoms with Crippen LogP contribution in [0.25, 0.3) is 0 Å². The van der Waals surface area contributed by atoms with E-state index in [-0.39, 0.29) is 6.23 Å². The lowest BCUT2D eigenvalue weighted by Crippen LogP contribution is -2.40. The molecule has 4 nitrogen and oxygen atoms in total. The molecular formula is C10H21NO3. The second-order valence-corrected chi connectivity index (χ2v) is 4.11. The highest BCUT2D eigenvalue weighted by molar-refractivity contribution is 4.75. The summed E-state index contributed by atoms with van der Waals surface area (Å²) >= 11 is 0. The van der Waals surface area contributed by atoms with E-state index in [9.17, 15) is 5.11 Å². The molecule has 4 heteroatoms. The minimum atomic E-state index is -0.414. The van der Waals surface area contributed by atoms with Gasteiger partial charge in [-0.25, -0.2) is 0 Å². The molecule has 0 aromatic heterocycles. The van der Waals surface area contributed by atoms with Crippen LogP contribution in [0.5, 0.6) is 0 Å². The molecule has 14 heavy (non-hydrogen) atoms. The molecule has 84 valence electrons. The van der Waals surface area contributed by atoms with Crippen LogP contribution in [0.2, 0.25) is 0 Å². The fourth-order valence-corrected chi connectivity index (χ4v) is 1.85. The molecule has 0 aromatic carbocycles. The zero-order valence-corrected chi connectivity index (χ0v) is 9.27. The average molecular weight is 203 g/mol. The minimum Gasteiger partial charge on any atom is -0.389 e. The zero-order valence-electron chi connectivity index (χ0n) is 9.27. The lowest BCUT2D eigenvalue weighted by atomic mass is 10.1. The van der Waals surface area contributed by atoms with E-state index in [4.69, 9.17) is 9.47 Å². The number of aliphatic hydroxyl groups excluding tert-OH is 1. The van der Waals surface area contributed by atoms with Crippen LogP contribution in [0.1, 0.15) is 13.8 Å². The van der Waals surface area contributed by atoms with E-state index in [1.165, 1.54) is 0 Å². The fraction of sp³-hybridized carbons (Fsp3) is 1.00. The monoisotopic (exact) mass is 203 g/mol. The van der Waals surface area contributed by atoms with Crippen LogP contribution in [0, 0.1) is 5.92 Å². The van der Waals surface area contributed by atoms with Crippen molar-refractivity contribution in [1.82, 2.24) is 4.90 Å². The van der Waals surface area contributed by atoms with Gasteiger partial charge >= 0.3 is 0 Å². The van der Waals surface area contributed by atoms with Gasteiger partial charge in [-0.1, -0.05) is 13.8 Å². The molecule has 0 radical (unpaired) electrons. The maximum Gasteiger partial charge on any atom is 0.113 e. The Morgan fingerprint density at radius 1 is 1.57 bits per heavy atom. The number of hydrogen-bond acceptors (Lipinski definition) is 4. The van der Waals surface area contributed by atoms with Crippen LogP contribution in [-0.4, -0.2) is 55.8 Å². The predicted octanol–water partition coefficient (Wildman–Crippen LogP) is 0.308. The first-order chi connectivity index (χ1) is 6.65. The fourth-order valence-electron chi connectivity index (χ4n) is 1.85. The van der Waals surface area contributed by atoms with E-state index < -0.39 is 6.10 Å². The van der Waals surface area contributed by atoms with Crippen molar-refractivity contribution in [3.05, 3.63) is 0 Å². The Morgan fingerprint density at radius 3 is 2.86 bits per heavy atom. The van der Waals surface area contributed by atoms with Gasteiger partial charge in [0.25, 0.3) is 0 Å². The van der Waals surface area contributed by atoms with Crippen LogP contribution < -0.4 is 0 Å². The third kappa shape index (κ3) is 3.20. The number of ether oxygens (including phenoxy) is 2. The Morgan fingerprint density at radius 2 is 2.29 bits per heavy atom. The Labute approximate surface area is 85.8 Å². The van der Waals surface area contributed by atoms with Gasteiger partial charge in [-0.05, 0) is 5.92 Å². The van der Waals surface area contributed by atoms with E-state index in [2.05, 4.69) is 18.7 Å². The van der Waals surface area contributed by atoms with Crippen molar-refractivity contribution < 1.29 is 14.6 Å². The standard InChI is InChI=1S/C10H21NO3/c1-8(2)10-11(4-5-14-10)6-9(12)7-13-3/h8-10,12H,4-7H2,1-3H3. The van der Waals surface area contributed by atoms with Crippen LogP contribution in [0.15, 0.2) is 0 Å². The number of β-amino-alcohol motifs (C(OH)–C–C–N with tert-alkyl or cyclic N) is 1. The van der Waals surface area contributed by atoms with Crippen LogP contribution in [0.3, 0.4) is 0 Å². The molecule has 0 aromatic rings. The normalized spacial score (nSPS) is 25.9. The molecule has 1 fully saturated rings. The molecule has 1 heterocycles. The van der Waals surface area contributed by atoms with Crippen LogP contribution >= 0.6 is 0 Å². The van der Waals surface area contributed by atoms with E-state index in [0.717, 1.165) is 13.2 Å². The molecule has 0 bridgehead atoms. The average Bonchev–Trinajstić information content (AvgIpc) is 2.52. The first kappa shape index (κ1) is 11.9. The number of methoxy groups -OCH3 is 1. The van der Waals surface area contributed by atoms with E-state index in [1.54, 1.807) is 7.11 Å². The molecule has 0 aliphatic carbocycles.